The van der Waals surface area contributed by atoms with Crippen LogP contribution < -0.4 is 5.32 Å². The minimum absolute atomic E-state index is 0.0357. The third-order valence-corrected chi connectivity index (χ3v) is 5.85. The molecule has 1 saturated heterocycles. The van der Waals surface area contributed by atoms with E-state index in [1.165, 1.54) is 12.4 Å². The number of carbonyl (C=O) groups excluding carboxylic acids is 1. The molecule has 182 valence electrons. The van der Waals surface area contributed by atoms with E-state index in [1.54, 1.807) is 27.9 Å². The zero-order valence-corrected chi connectivity index (χ0v) is 20.2. The van der Waals surface area contributed by atoms with Crippen molar-refractivity contribution in [3.63, 3.8) is 0 Å². The Kier molecular flexibility index (Phi) is 5.76. The number of hydrogen-bond donors (Lipinski definition) is 2. The predicted molar refractivity (Wildman–Crippen MR) is 130 cm³/mol. The Morgan fingerprint density at radius 2 is 2.03 bits per heavy atom. The van der Waals surface area contributed by atoms with Gasteiger partial charge in [-0.15, -0.1) is 0 Å². The molecule has 2 N–H and O–H groups in total. The molecule has 0 bridgehead atoms. The minimum atomic E-state index is -0.407. The molecule has 4 aromatic rings. The zero-order chi connectivity index (χ0) is 24.7. The van der Waals surface area contributed by atoms with E-state index >= 15 is 0 Å². The number of nitrogens with zero attached hydrogens (tertiary/aromatic N) is 5. The van der Waals surface area contributed by atoms with E-state index in [9.17, 15) is 9.18 Å². The molecule has 2 amide bonds. The van der Waals surface area contributed by atoms with Crippen LogP contribution in [-0.2, 0) is 18.3 Å². The molecule has 3 aromatic heterocycles. The van der Waals surface area contributed by atoms with E-state index in [2.05, 4.69) is 25.4 Å². The fraction of sp³-hybridized carbons (Fsp3) is 0.360. The third-order valence-electron chi connectivity index (χ3n) is 5.85. The number of hydrogen-bond acceptors (Lipinski definition) is 5. The Morgan fingerprint density at radius 3 is 2.71 bits per heavy atom. The SMILES string of the molecule is Cn1cc(-c2cc3c(-c4ccc(CNC(=O)N5CC(OC(C)(C)C)C5)c(F)c4)ncnc3[nH]2)cn1. The predicted octanol–water partition coefficient (Wildman–Crippen LogP) is 3.87. The van der Waals surface area contributed by atoms with Crippen LogP contribution in [-0.4, -0.2) is 60.5 Å². The van der Waals surface area contributed by atoms with E-state index < -0.39 is 5.82 Å². The van der Waals surface area contributed by atoms with Gasteiger partial charge in [0, 0.05) is 41.9 Å². The summed E-state index contributed by atoms with van der Waals surface area (Å²) in [7, 11) is 1.85. The van der Waals surface area contributed by atoms with E-state index in [-0.39, 0.29) is 24.3 Å². The van der Waals surface area contributed by atoms with Crippen molar-refractivity contribution in [2.75, 3.05) is 13.1 Å². The number of rotatable bonds is 5. The van der Waals surface area contributed by atoms with Gasteiger partial charge < -0.3 is 19.9 Å². The maximum atomic E-state index is 15.0. The van der Waals surface area contributed by atoms with Crippen molar-refractivity contribution in [3.05, 3.63) is 54.4 Å². The fourth-order valence-electron chi connectivity index (χ4n) is 4.18. The van der Waals surface area contributed by atoms with Crippen LogP contribution in [0.4, 0.5) is 9.18 Å². The number of fused-ring (bicyclic) bond motifs is 1. The van der Waals surface area contributed by atoms with Crippen molar-refractivity contribution in [2.45, 2.75) is 39.0 Å². The van der Waals surface area contributed by atoms with Gasteiger partial charge in [-0.25, -0.2) is 19.2 Å². The van der Waals surface area contributed by atoms with Gasteiger partial charge in [0.2, 0.25) is 0 Å². The first-order chi connectivity index (χ1) is 16.7. The van der Waals surface area contributed by atoms with Crippen LogP contribution in [0.15, 0.2) is 43.0 Å². The molecule has 0 unspecified atom stereocenters. The number of aromatic amines is 1. The van der Waals surface area contributed by atoms with E-state index in [4.69, 9.17) is 4.74 Å². The van der Waals surface area contributed by atoms with Gasteiger partial charge in [-0.3, -0.25) is 4.68 Å². The minimum Gasteiger partial charge on any atom is -0.369 e. The Balaban J connectivity index is 1.27. The van der Waals surface area contributed by atoms with Crippen LogP contribution in [0.2, 0.25) is 0 Å². The molecule has 35 heavy (non-hydrogen) atoms. The molecular weight excluding hydrogens is 449 g/mol. The second-order valence-electron chi connectivity index (χ2n) is 9.79. The first-order valence-electron chi connectivity index (χ1n) is 11.5. The van der Waals surface area contributed by atoms with E-state index in [0.717, 1.165) is 16.6 Å². The van der Waals surface area contributed by atoms with E-state index in [1.807, 2.05) is 40.1 Å². The highest BCUT2D eigenvalue weighted by molar-refractivity contribution is 5.94. The number of H-pyrrole nitrogens is 1. The highest BCUT2D eigenvalue weighted by atomic mass is 19.1. The number of aromatic nitrogens is 5. The van der Waals surface area contributed by atoms with Crippen molar-refractivity contribution >= 4 is 17.1 Å². The first-order valence-corrected chi connectivity index (χ1v) is 11.5. The lowest BCUT2D eigenvalue weighted by atomic mass is 10.1. The number of halogens is 1. The molecule has 1 aliphatic heterocycles. The lowest BCUT2D eigenvalue weighted by Gasteiger charge is -2.41. The maximum absolute atomic E-state index is 15.0. The topological polar surface area (TPSA) is 101 Å². The molecule has 0 saturated carbocycles. The summed E-state index contributed by atoms with van der Waals surface area (Å²) in [6.07, 6.45) is 5.15. The third kappa shape index (κ3) is 4.88. The average molecular weight is 478 g/mol. The highest BCUT2D eigenvalue weighted by Crippen LogP contribution is 2.30. The van der Waals surface area contributed by atoms with Crippen molar-refractivity contribution < 1.29 is 13.9 Å². The second-order valence-corrected chi connectivity index (χ2v) is 9.79. The molecule has 0 aliphatic carbocycles. The Hall–Kier alpha value is -3.79. The molecule has 0 atom stereocenters. The number of nitrogens with one attached hydrogen (secondary N) is 2. The van der Waals surface area contributed by atoms with Gasteiger partial charge in [-0.1, -0.05) is 12.1 Å². The largest absolute Gasteiger partial charge is 0.369 e. The second kappa shape index (κ2) is 8.77. The average Bonchev–Trinajstić information content (AvgIpc) is 3.40. The molecule has 0 spiro atoms. The molecule has 1 aromatic carbocycles. The molecule has 4 heterocycles. The normalized spacial score (nSPS) is 14.4. The van der Waals surface area contributed by atoms with Crippen molar-refractivity contribution in [1.29, 1.82) is 0 Å². The Morgan fingerprint density at radius 1 is 1.23 bits per heavy atom. The summed E-state index contributed by atoms with van der Waals surface area (Å²) in [5.41, 5.74) is 3.86. The van der Waals surface area contributed by atoms with Gasteiger partial charge in [-0.2, -0.15) is 5.10 Å². The van der Waals surface area contributed by atoms with Gasteiger partial charge in [0.25, 0.3) is 0 Å². The Labute approximate surface area is 202 Å². The van der Waals surface area contributed by atoms with Crippen LogP contribution in [0.1, 0.15) is 26.3 Å². The van der Waals surface area contributed by atoms with Crippen molar-refractivity contribution in [1.82, 2.24) is 34.9 Å². The zero-order valence-electron chi connectivity index (χ0n) is 20.2. The summed E-state index contributed by atoms with van der Waals surface area (Å²) in [6, 6.07) is 6.64. The van der Waals surface area contributed by atoms with Gasteiger partial charge in [-0.05, 0) is 32.9 Å². The fourth-order valence-corrected chi connectivity index (χ4v) is 4.18. The maximum Gasteiger partial charge on any atom is 0.317 e. The summed E-state index contributed by atoms with van der Waals surface area (Å²) >= 11 is 0. The van der Waals surface area contributed by atoms with Gasteiger partial charge >= 0.3 is 6.03 Å². The molecule has 5 rings (SSSR count). The van der Waals surface area contributed by atoms with Crippen LogP contribution >= 0.6 is 0 Å². The van der Waals surface area contributed by atoms with Crippen LogP contribution in [0.5, 0.6) is 0 Å². The number of urea groups is 1. The van der Waals surface area contributed by atoms with Gasteiger partial charge in [0.05, 0.1) is 42.4 Å². The number of carbonyl (C=O) groups is 1. The number of aryl methyl sites for hydroxylation is 1. The number of ether oxygens (including phenoxy) is 1. The highest BCUT2D eigenvalue weighted by Gasteiger charge is 2.34. The lowest BCUT2D eigenvalue weighted by Crippen LogP contribution is -2.59. The van der Waals surface area contributed by atoms with Crippen LogP contribution in [0.25, 0.3) is 33.5 Å². The molecule has 10 heteroatoms. The summed E-state index contributed by atoms with van der Waals surface area (Å²) in [4.78, 5) is 26.0. The standard InChI is InChI=1S/C25H28FN7O2/c1-25(2,3)35-18-12-33(13-18)24(34)27-9-16-6-5-15(7-20(16)26)22-19-8-21(17-10-30-32(4)11-17)31-23(19)29-14-28-22/h5-8,10-11,14,18H,9,12-13H2,1-4H3,(H,27,34)(H,28,29,31). The van der Waals surface area contributed by atoms with Crippen LogP contribution in [0, 0.1) is 5.82 Å². The van der Waals surface area contributed by atoms with Crippen molar-refractivity contribution in [2.24, 2.45) is 7.05 Å². The molecular formula is C25H28FN7O2. The molecule has 1 aliphatic rings. The molecule has 1 fully saturated rings. The monoisotopic (exact) mass is 477 g/mol. The molecule has 9 nitrogen and oxygen atoms in total. The van der Waals surface area contributed by atoms with Gasteiger partial charge in [0.15, 0.2) is 0 Å². The summed E-state index contributed by atoms with van der Waals surface area (Å²) < 4.78 is 22.5. The quantitative estimate of drug-likeness (QED) is 0.454. The van der Waals surface area contributed by atoms with Gasteiger partial charge in [0.1, 0.15) is 17.8 Å². The number of benzene rings is 1. The van der Waals surface area contributed by atoms with Crippen molar-refractivity contribution in [3.8, 4) is 22.5 Å². The molecule has 0 radical (unpaired) electrons. The number of amides is 2. The number of likely N-dealkylation sites (tertiary alicyclic amines) is 1. The van der Waals surface area contributed by atoms with Crippen LogP contribution in [0.3, 0.4) is 0 Å². The smallest absolute Gasteiger partial charge is 0.317 e. The lowest BCUT2D eigenvalue weighted by molar-refractivity contribution is -0.111. The van der Waals surface area contributed by atoms with E-state index in [0.29, 0.717) is 35.6 Å². The summed E-state index contributed by atoms with van der Waals surface area (Å²) in [6.45, 7) is 7.14. The summed E-state index contributed by atoms with van der Waals surface area (Å²) in [5.74, 6) is -0.407. The summed E-state index contributed by atoms with van der Waals surface area (Å²) in [5, 5.41) is 7.78. The Bertz CT molecular complexity index is 1380. The first kappa shape index (κ1) is 23.0.